The molecule has 2 N–H and O–H groups in total. The van der Waals surface area contributed by atoms with E-state index >= 15 is 0 Å². The first-order chi connectivity index (χ1) is 10.2. The lowest BCUT2D eigenvalue weighted by Crippen LogP contribution is -2.31. The van der Waals surface area contributed by atoms with Gasteiger partial charge >= 0.3 is 0 Å². The maximum atomic E-state index is 12.1. The summed E-state index contributed by atoms with van der Waals surface area (Å²) in [5.41, 5.74) is 2.08. The van der Waals surface area contributed by atoms with Crippen molar-refractivity contribution in [3.05, 3.63) is 48.7 Å². The van der Waals surface area contributed by atoms with Gasteiger partial charge in [0.05, 0.1) is 19.0 Å². The number of aromatic amines is 1. The zero-order valence-corrected chi connectivity index (χ0v) is 11.8. The van der Waals surface area contributed by atoms with E-state index in [0.29, 0.717) is 13.1 Å². The van der Waals surface area contributed by atoms with Gasteiger partial charge in [-0.3, -0.25) is 9.48 Å². The minimum Gasteiger partial charge on any atom is -0.357 e. The second kappa shape index (κ2) is 5.78. The summed E-state index contributed by atoms with van der Waals surface area (Å²) in [6.45, 7) is 2.90. The van der Waals surface area contributed by atoms with Gasteiger partial charge in [-0.1, -0.05) is 25.1 Å². The molecule has 0 aliphatic rings. The molecule has 1 atom stereocenters. The van der Waals surface area contributed by atoms with Crippen LogP contribution in [0.25, 0.3) is 10.9 Å². The van der Waals surface area contributed by atoms with Crippen molar-refractivity contribution in [3.63, 3.8) is 0 Å². The van der Waals surface area contributed by atoms with Crippen molar-refractivity contribution in [2.24, 2.45) is 5.92 Å². The van der Waals surface area contributed by atoms with Crippen LogP contribution in [-0.4, -0.2) is 25.7 Å². The molecule has 0 fully saturated rings. The van der Waals surface area contributed by atoms with E-state index in [0.717, 1.165) is 16.6 Å². The first-order valence-corrected chi connectivity index (χ1v) is 6.89. The van der Waals surface area contributed by atoms with Crippen LogP contribution in [0.5, 0.6) is 0 Å². The number of benzene rings is 1. The normalized spacial score (nSPS) is 12.4. The van der Waals surface area contributed by atoms with Crippen LogP contribution in [0.2, 0.25) is 0 Å². The van der Waals surface area contributed by atoms with Crippen molar-refractivity contribution in [1.82, 2.24) is 25.1 Å². The predicted molar refractivity (Wildman–Crippen MR) is 79.3 cm³/mol. The summed E-state index contributed by atoms with van der Waals surface area (Å²) in [4.78, 5) is 19.2. The van der Waals surface area contributed by atoms with Gasteiger partial charge in [0.2, 0.25) is 5.91 Å². The molecule has 0 aliphatic heterocycles. The summed E-state index contributed by atoms with van der Waals surface area (Å²) in [6.07, 6.45) is 3.08. The minimum atomic E-state index is -0.156. The van der Waals surface area contributed by atoms with E-state index in [4.69, 9.17) is 0 Å². The van der Waals surface area contributed by atoms with Crippen molar-refractivity contribution in [1.29, 1.82) is 0 Å². The van der Waals surface area contributed by atoms with Crippen LogP contribution in [-0.2, 0) is 17.9 Å². The fourth-order valence-electron chi connectivity index (χ4n) is 2.28. The first-order valence-electron chi connectivity index (χ1n) is 6.89. The van der Waals surface area contributed by atoms with Gasteiger partial charge in [0.1, 0.15) is 12.7 Å². The summed E-state index contributed by atoms with van der Waals surface area (Å²) >= 11 is 0. The molecule has 1 aromatic carbocycles. The molecule has 0 spiro atoms. The highest BCUT2D eigenvalue weighted by Gasteiger charge is 2.13. The Morgan fingerprint density at radius 3 is 3.05 bits per heavy atom. The number of amides is 1. The summed E-state index contributed by atoms with van der Waals surface area (Å²) in [6, 6.07) is 10.1. The quantitative estimate of drug-likeness (QED) is 0.748. The highest BCUT2D eigenvalue weighted by Crippen LogP contribution is 2.14. The number of hydrogen-bond donors (Lipinski definition) is 2. The second-order valence-corrected chi connectivity index (χ2v) is 5.12. The Bertz CT molecular complexity index is 698. The van der Waals surface area contributed by atoms with Gasteiger partial charge in [0, 0.05) is 11.2 Å². The Hall–Kier alpha value is -2.63. The highest BCUT2D eigenvalue weighted by molar-refractivity contribution is 5.81. The molecule has 0 saturated carbocycles. The lowest BCUT2D eigenvalue weighted by molar-refractivity contribution is -0.125. The summed E-state index contributed by atoms with van der Waals surface area (Å²) in [5.74, 6) is -0.153. The number of nitrogens with one attached hydrogen (secondary N) is 2. The average Bonchev–Trinajstić information content (AvgIpc) is 3.13. The van der Waals surface area contributed by atoms with Crippen LogP contribution in [0.15, 0.2) is 43.0 Å². The van der Waals surface area contributed by atoms with E-state index in [9.17, 15) is 4.79 Å². The largest absolute Gasteiger partial charge is 0.357 e. The SMILES string of the molecule is C[C@H](Cn1cncn1)C(=O)NCc1cc2ccccc2[nH]1. The Balaban J connectivity index is 1.57. The average molecular weight is 283 g/mol. The van der Waals surface area contributed by atoms with E-state index in [2.05, 4.69) is 26.4 Å². The number of nitrogens with zero attached hydrogens (tertiary/aromatic N) is 3. The molecule has 0 aliphatic carbocycles. The van der Waals surface area contributed by atoms with Gasteiger partial charge in [0.15, 0.2) is 0 Å². The third-order valence-electron chi connectivity index (χ3n) is 3.41. The van der Waals surface area contributed by atoms with Gasteiger partial charge in [-0.2, -0.15) is 5.10 Å². The number of carbonyl (C=O) groups excluding carboxylic acids is 1. The van der Waals surface area contributed by atoms with Crippen molar-refractivity contribution in [2.45, 2.75) is 20.0 Å². The molecule has 6 heteroatoms. The van der Waals surface area contributed by atoms with Gasteiger partial charge in [-0.25, -0.2) is 4.98 Å². The fraction of sp³-hybridized carbons (Fsp3) is 0.267. The molecular formula is C15H17N5O. The smallest absolute Gasteiger partial charge is 0.225 e. The molecule has 6 nitrogen and oxygen atoms in total. The van der Waals surface area contributed by atoms with Gasteiger partial charge in [-0.15, -0.1) is 0 Å². The maximum absolute atomic E-state index is 12.1. The predicted octanol–water partition coefficient (Wildman–Crippen LogP) is 1.71. The lowest BCUT2D eigenvalue weighted by Gasteiger charge is -2.11. The topological polar surface area (TPSA) is 75.6 Å². The number of para-hydroxylation sites is 1. The van der Waals surface area contributed by atoms with Crippen LogP contribution in [0, 0.1) is 5.92 Å². The van der Waals surface area contributed by atoms with E-state index < -0.39 is 0 Å². The van der Waals surface area contributed by atoms with Crippen molar-refractivity contribution in [3.8, 4) is 0 Å². The van der Waals surface area contributed by atoms with Gasteiger partial charge in [-0.05, 0) is 17.5 Å². The van der Waals surface area contributed by atoms with Crippen molar-refractivity contribution in [2.75, 3.05) is 0 Å². The second-order valence-electron chi connectivity index (χ2n) is 5.12. The van der Waals surface area contributed by atoms with Gasteiger partial charge < -0.3 is 10.3 Å². The number of fused-ring (bicyclic) bond motifs is 1. The Morgan fingerprint density at radius 1 is 1.43 bits per heavy atom. The van der Waals surface area contributed by atoms with E-state index in [-0.39, 0.29) is 11.8 Å². The molecule has 1 amide bonds. The fourth-order valence-corrected chi connectivity index (χ4v) is 2.28. The molecule has 108 valence electrons. The molecule has 2 aromatic heterocycles. The van der Waals surface area contributed by atoms with E-state index in [1.165, 1.54) is 6.33 Å². The molecule has 0 bridgehead atoms. The van der Waals surface area contributed by atoms with Crippen LogP contribution in [0.4, 0.5) is 0 Å². The third-order valence-corrected chi connectivity index (χ3v) is 3.41. The molecular weight excluding hydrogens is 266 g/mol. The number of H-pyrrole nitrogens is 1. The zero-order chi connectivity index (χ0) is 14.7. The highest BCUT2D eigenvalue weighted by atomic mass is 16.1. The minimum absolute atomic E-state index is 0.00385. The molecule has 0 radical (unpaired) electrons. The molecule has 3 rings (SSSR count). The van der Waals surface area contributed by atoms with Crippen LogP contribution in [0.1, 0.15) is 12.6 Å². The number of rotatable bonds is 5. The molecule has 0 saturated heterocycles. The number of carbonyl (C=O) groups is 1. The summed E-state index contributed by atoms with van der Waals surface area (Å²) in [7, 11) is 0. The van der Waals surface area contributed by atoms with E-state index in [1.54, 1.807) is 11.0 Å². The lowest BCUT2D eigenvalue weighted by atomic mass is 10.1. The van der Waals surface area contributed by atoms with Crippen LogP contribution < -0.4 is 5.32 Å². The van der Waals surface area contributed by atoms with Crippen LogP contribution >= 0.6 is 0 Å². The Morgan fingerprint density at radius 2 is 2.29 bits per heavy atom. The molecule has 21 heavy (non-hydrogen) atoms. The maximum Gasteiger partial charge on any atom is 0.225 e. The number of aromatic nitrogens is 4. The van der Waals surface area contributed by atoms with Gasteiger partial charge in [0.25, 0.3) is 0 Å². The standard InChI is InChI=1S/C15H17N5O/c1-11(8-20-10-16-9-18-20)15(21)17-7-13-6-12-4-2-3-5-14(12)19-13/h2-6,9-11,19H,7-8H2,1H3,(H,17,21)/t11-/m1/s1. The molecule has 3 aromatic rings. The van der Waals surface area contributed by atoms with Crippen molar-refractivity contribution < 1.29 is 4.79 Å². The molecule has 2 heterocycles. The van der Waals surface area contributed by atoms with Crippen LogP contribution in [0.3, 0.4) is 0 Å². The monoisotopic (exact) mass is 283 g/mol. The van der Waals surface area contributed by atoms with Crippen molar-refractivity contribution >= 4 is 16.8 Å². The first kappa shape index (κ1) is 13.4. The summed E-state index contributed by atoms with van der Waals surface area (Å²) in [5, 5.41) is 8.10. The Kier molecular flexibility index (Phi) is 3.68. The number of hydrogen-bond acceptors (Lipinski definition) is 3. The molecule has 0 unspecified atom stereocenters. The summed E-state index contributed by atoms with van der Waals surface area (Å²) < 4.78 is 1.66. The zero-order valence-electron chi connectivity index (χ0n) is 11.8. The van der Waals surface area contributed by atoms with E-state index in [1.807, 2.05) is 31.2 Å². The third kappa shape index (κ3) is 3.10. The Labute approximate surface area is 122 Å².